The second-order valence-electron chi connectivity index (χ2n) is 7.43. The topological polar surface area (TPSA) is 60.0 Å². The fraction of sp³-hybridized carbons (Fsp3) is 0.889. The molecular formula is C18H33N5O. The van der Waals surface area contributed by atoms with E-state index in [-0.39, 0.29) is 5.91 Å². The van der Waals surface area contributed by atoms with Gasteiger partial charge in [0.25, 0.3) is 0 Å². The molecule has 0 aromatic carbocycles. The Labute approximate surface area is 146 Å². The van der Waals surface area contributed by atoms with Crippen molar-refractivity contribution in [3.8, 4) is 0 Å². The Morgan fingerprint density at radius 1 is 1.12 bits per heavy atom. The van der Waals surface area contributed by atoms with Crippen LogP contribution in [0.4, 0.5) is 0 Å². The number of piperazine rings is 1. The van der Waals surface area contributed by atoms with Gasteiger partial charge < -0.3 is 15.5 Å². The molecule has 3 fully saturated rings. The molecule has 2 saturated carbocycles. The Balaban J connectivity index is 1.38. The molecule has 1 saturated heterocycles. The van der Waals surface area contributed by atoms with E-state index in [1.165, 1.54) is 25.7 Å². The summed E-state index contributed by atoms with van der Waals surface area (Å²) in [6, 6.07) is 0.460. The van der Waals surface area contributed by atoms with Gasteiger partial charge in [-0.25, -0.2) is 0 Å². The molecule has 1 aliphatic heterocycles. The van der Waals surface area contributed by atoms with E-state index in [4.69, 9.17) is 4.99 Å². The quantitative estimate of drug-likeness (QED) is 0.395. The van der Waals surface area contributed by atoms with Crippen LogP contribution in [0.1, 0.15) is 45.4 Å². The van der Waals surface area contributed by atoms with E-state index >= 15 is 0 Å². The smallest absolute Gasteiger partial charge is 0.234 e. The minimum Gasteiger partial charge on any atom is -0.357 e. The maximum Gasteiger partial charge on any atom is 0.234 e. The van der Waals surface area contributed by atoms with Crippen LogP contribution >= 0.6 is 0 Å². The van der Waals surface area contributed by atoms with Crippen LogP contribution in [-0.4, -0.2) is 73.5 Å². The number of rotatable bonds is 8. The fourth-order valence-corrected chi connectivity index (χ4v) is 3.22. The zero-order valence-corrected chi connectivity index (χ0v) is 15.1. The highest BCUT2D eigenvalue weighted by molar-refractivity contribution is 5.80. The molecule has 0 atom stereocenters. The average molecular weight is 335 g/mol. The number of carbonyl (C=O) groups excluding carboxylic acids is 1. The highest BCUT2D eigenvalue weighted by atomic mass is 16.2. The lowest BCUT2D eigenvalue weighted by molar-refractivity contribution is -0.122. The molecule has 2 N–H and O–H groups in total. The molecule has 24 heavy (non-hydrogen) atoms. The predicted molar refractivity (Wildman–Crippen MR) is 97.1 cm³/mol. The van der Waals surface area contributed by atoms with Gasteiger partial charge in [-0.05, 0) is 38.5 Å². The second-order valence-corrected chi connectivity index (χ2v) is 7.43. The number of guanidine groups is 1. The molecular weight excluding hydrogens is 302 g/mol. The van der Waals surface area contributed by atoms with Gasteiger partial charge in [0.1, 0.15) is 0 Å². The molecule has 0 spiro atoms. The molecule has 6 heteroatoms. The lowest BCUT2D eigenvalue weighted by Gasteiger charge is -2.36. The van der Waals surface area contributed by atoms with Crippen LogP contribution in [0.25, 0.3) is 0 Å². The van der Waals surface area contributed by atoms with Gasteiger partial charge in [-0.1, -0.05) is 12.8 Å². The molecule has 3 rings (SSSR count). The van der Waals surface area contributed by atoms with Crippen LogP contribution < -0.4 is 10.6 Å². The minimum absolute atomic E-state index is 0.187. The maximum atomic E-state index is 11.9. The zero-order chi connectivity index (χ0) is 16.8. The number of hydrogen-bond donors (Lipinski definition) is 2. The molecule has 6 nitrogen and oxygen atoms in total. The van der Waals surface area contributed by atoms with Gasteiger partial charge in [0.15, 0.2) is 5.96 Å². The zero-order valence-electron chi connectivity index (χ0n) is 15.1. The van der Waals surface area contributed by atoms with Crippen molar-refractivity contribution in [3.05, 3.63) is 0 Å². The van der Waals surface area contributed by atoms with Crippen molar-refractivity contribution in [2.24, 2.45) is 10.9 Å². The van der Waals surface area contributed by atoms with Crippen LogP contribution in [0.5, 0.6) is 0 Å². The van der Waals surface area contributed by atoms with Crippen LogP contribution in [0, 0.1) is 5.92 Å². The van der Waals surface area contributed by atoms with Gasteiger partial charge in [0.05, 0.1) is 6.54 Å². The fourth-order valence-electron chi connectivity index (χ4n) is 3.22. The van der Waals surface area contributed by atoms with Crippen molar-refractivity contribution in [2.75, 3.05) is 45.8 Å². The number of carbonyl (C=O) groups is 1. The summed E-state index contributed by atoms with van der Waals surface area (Å²) in [6.45, 7) is 8.28. The summed E-state index contributed by atoms with van der Waals surface area (Å²) in [5, 5.41) is 6.50. The van der Waals surface area contributed by atoms with Crippen LogP contribution in [0.2, 0.25) is 0 Å². The highest BCUT2D eigenvalue weighted by Crippen LogP contribution is 2.33. The number of aliphatic imine (C=N–C) groups is 1. The van der Waals surface area contributed by atoms with Crippen molar-refractivity contribution in [2.45, 2.75) is 51.5 Å². The van der Waals surface area contributed by atoms with Gasteiger partial charge in [-0.15, -0.1) is 0 Å². The van der Waals surface area contributed by atoms with E-state index in [2.05, 4.69) is 27.4 Å². The lowest BCUT2D eigenvalue weighted by Crippen LogP contribution is -2.54. The third kappa shape index (κ3) is 5.96. The van der Waals surface area contributed by atoms with Crippen molar-refractivity contribution in [1.29, 1.82) is 0 Å². The highest BCUT2D eigenvalue weighted by Gasteiger charge is 2.26. The van der Waals surface area contributed by atoms with Crippen molar-refractivity contribution < 1.29 is 4.79 Å². The van der Waals surface area contributed by atoms with Gasteiger partial charge in [0, 0.05) is 45.3 Å². The molecule has 3 aliphatic rings. The molecule has 2 aliphatic carbocycles. The standard InChI is InChI=1S/C18H33N5O/c1-2-19-18(20-9-3-4-15-5-6-15)23-12-10-22(11-13-23)14-17(24)21-16-7-8-16/h15-16H,2-14H2,1H3,(H,19,20)(H,21,24). The summed E-state index contributed by atoms with van der Waals surface area (Å²) >= 11 is 0. The van der Waals surface area contributed by atoms with Crippen molar-refractivity contribution in [3.63, 3.8) is 0 Å². The third-order valence-electron chi connectivity index (χ3n) is 5.05. The molecule has 1 amide bonds. The largest absolute Gasteiger partial charge is 0.357 e. The first kappa shape index (κ1) is 17.5. The summed E-state index contributed by atoms with van der Waals surface area (Å²) < 4.78 is 0. The Morgan fingerprint density at radius 3 is 2.50 bits per heavy atom. The first-order valence-corrected chi connectivity index (χ1v) is 9.79. The maximum absolute atomic E-state index is 11.9. The second kappa shape index (κ2) is 8.70. The first-order chi connectivity index (χ1) is 11.7. The van der Waals surface area contributed by atoms with Crippen molar-refractivity contribution in [1.82, 2.24) is 20.4 Å². The van der Waals surface area contributed by atoms with Crippen molar-refractivity contribution >= 4 is 11.9 Å². The monoisotopic (exact) mass is 335 g/mol. The van der Waals surface area contributed by atoms with E-state index < -0.39 is 0 Å². The molecule has 136 valence electrons. The Hall–Kier alpha value is -1.30. The normalized spacial score (nSPS) is 22.5. The lowest BCUT2D eigenvalue weighted by atomic mass is 10.2. The number of amides is 1. The SMILES string of the molecule is CCNC(=NCCCC1CC1)N1CCN(CC(=O)NC2CC2)CC1. The molecule has 0 aromatic rings. The summed E-state index contributed by atoms with van der Waals surface area (Å²) in [6.07, 6.45) is 7.72. The predicted octanol–water partition coefficient (Wildman–Crippen LogP) is 1.04. The van der Waals surface area contributed by atoms with E-state index in [9.17, 15) is 4.79 Å². The van der Waals surface area contributed by atoms with Gasteiger partial charge in [-0.3, -0.25) is 14.7 Å². The first-order valence-electron chi connectivity index (χ1n) is 9.79. The molecule has 1 heterocycles. The van der Waals surface area contributed by atoms with E-state index in [0.717, 1.165) is 64.0 Å². The van der Waals surface area contributed by atoms with Gasteiger partial charge in [0.2, 0.25) is 5.91 Å². The number of nitrogens with zero attached hydrogens (tertiary/aromatic N) is 3. The van der Waals surface area contributed by atoms with Gasteiger partial charge >= 0.3 is 0 Å². The molecule has 0 aromatic heterocycles. The Kier molecular flexibility index (Phi) is 6.35. The number of hydrogen-bond acceptors (Lipinski definition) is 3. The van der Waals surface area contributed by atoms with Gasteiger partial charge in [-0.2, -0.15) is 0 Å². The molecule has 0 unspecified atom stereocenters. The molecule has 0 radical (unpaired) electrons. The van der Waals surface area contributed by atoms with Crippen LogP contribution in [0.15, 0.2) is 4.99 Å². The summed E-state index contributed by atoms with van der Waals surface area (Å²) in [5.41, 5.74) is 0. The van der Waals surface area contributed by atoms with Crippen LogP contribution in [-0.2, 0) is 4.79 Å². The summed E-state index contributed by atoms with van der Waals surface area (Å²) in [5.74, 6) is 2.23. The number of nitrogens with one attached hydrogen (secondary N) is 2. The van der Waals surface area contributed by atoms with Crippen LogP contribution in [0.3, 0.4) is 0 Å². The van der Waals surface area contributed by atoms with E-state index in [1.54, 1.807) is 0 Å². The van der Waals surface area contributed by atoms with E-state index in [0.29, 0.717) is 12.6 Å². The minimum atomic E-state index is 0.187. The Bertz CT molecular complexity index is 437. The Morgan fingerprint density at radius 2 is 1.88 bits per heavy atom. The summed E-state index contributed by atoms with van der Waals surface area (Å²) in [7, 11) is 0. The average Bonchev–Trinajstić information content (AvgIpc) is 3.47. The van der Waals surface area contributed by atoms with E-state index in [1.807, 2.05) is 0 Å². The molecule has 0 bridgehead atoms. The third-order valence-corrected chi connectivity index (χ3v) is 5.05. The summed E-state index contributed by atoms with van der Waals surface area (Å²) in [4.78, 5) is 21.3.